The molecule has 1 N–H and O–H groups in total. The lowest BCUT2D eigenvalue weighted by molar-refractivity contribution is -0.138. The Labute approximate surface area is 101 Å². The number of rotatable bonds is 4. The van der Waals surface area contributed by atoms with E-state index in [4.69, 9.17) is 0 Å². The van der Waals surface area contributed by atoms with E-state index in [1.165, 1.54) is 0 Å². The average molecular weight is 261 g/mol. The van der Waals surface area contributed by atoms with E-state index < -0.39 is 12.6 Å². The maximum atomic E-state index is 12.0. The van der Waals surface area contributed by atoms with Gasteiger partial charge in [0.2, 0.25) is 0 Å². The molecule has 2 nitrogen and oxygen atoms in total. The molecule has 1 saturated heterocycles. The van der Waals surface area contributed by atoms with Gasteiger partial charge in [0.25, 0.3) is 0 Å². The van der Waals surface area contributed by atoms with Crippen molar-refractivity contribution < 1.29 is 13.2 Å². The highest BCUT2D eigenvalue weighted by molar-refractivity contribution is 5.85. The first-order valence-electron chi connectivity index (χ1n) is 5.45. The first kappa shape index (κ1) is 16.0. The largest absolute Gasteiger partial charge is 0.390 e. The molecule has 1 atom stereocenters. The van der Waals surface area contributed by atoms with Crippen molar-refractivity contribution in [3.63, 3.8) is 0 Å². The molecule has 0 saturated carbocycles. The topological polar surface area (TPSA) is 15.3 Å². The molecule has 0 aromatic carbocycles. The van der Waals surface area contributed by atoms with Gasteiger partial charge < -0.3 is 10.2 Å². The van der Waals surface area contributed by atoms with Crippen LogP contribution in [0.25, 0.3) is 0 Å². The summed E-state index contributed by atoms with van der Waals surface area (Å²) in [6.45, 7) is 2.68. The van der Waals surface area contributed by atoms with Gasteiger partial charge >= 0.3 is 6.18 Å². The number of likely N-dealkylation sites (tertiary alicyclic amines) is 1. The monoisotopic (exact) mass is 260 g/mol. The summed E-state index contributed by atoms with van der Waals surface area (Å²) >= 11 is 0. The quantitative estimate of drug-likeness (QED) is 0.834. The molecule has 1 heterocycles. The maximum absolute atomic E-state index is 12.0. The van der Waals surface area contributed by atoms with E-state index in [1.54, 1.807) is 0 Å². The Morgan fingerprint density at radius 1 is 1.38 bits per heavy atom. The van der Waals surface area contributed by atoms with Crippen molar-refractivity contribution in [3.8, 4) is 0 Å². The second-order valence-corrected chi connectivity index (χ2v) is 4.23. The average Bonchev–Trinajstić information content (AvgIpc) is 2.15. The van der Waals surface area contributed by atoms with Crippen molar-refractivity contribution in [2.45, 2.75) is 25.4 Å². The fraction of sp³-hybridized carbons (Fsp3) is 1.00. The minimum Gasteiger partial charge on any atom is -0.319 e. The number of hydrogen-bond donors (Lipinski definition) is 1. The van der Waals surface area contributed by atoms with Crippen LogP contribution < -0.4 is 5.32 Å². The number of nitrogens with zero attached hydrogens (tertiary/aromatic N) is 1. The van der Waals surface area contributed by atoms with Crippen LogP contribution in [0, 0.1) is 5.92 Å². The van der Waals surface area contributed by atoms with Gasteiger partial charge in [0.1, 0.15) is 0 Å². The third-order valence-corrected chi connectivity index (χ3v) is 2.81. The van der Waals surface area contributed by atoms with Crippen LogP contribution in [0.15, 0.2) is 0 Å². The Morgan fingerprint density at radius 2 is 2.06 bits per heavy atom. The second-order valence-electron chi connectivity index (χ2n) is 4.23. The highest BCUT2D eigenvalue weighted by Gasteiger charge is 2.29. The molecule has 1 rings (SSSR count). The van der Waals surface area contributed by atoms with E-state index in [0.717, 1.165) is 32.5 Å². The second kappa shape index (κ2) is 7.35. The van der Waals surface area contributed by atoms with Gasteiger partial charge in [-0.2, -0.15) is 13.2 Å². The molecule has 0 bridgehead atoms. The standard InChI is InChI=1S/C10H19F3N2.ClH/c1-14-7-9-3-2-5-15(8-9)6-4-10(11,12)13;/h9,14H,2-8H2,1H3;1H. The zero-order valence-electron chi connectivity index (χ0n) is 9.52. The first-order chi connectivity index (χ1) is 7.01. The zero-order chi connectivity index (χ0) is 11.3. The van der Waals surface area contributed by atoms with Crippen molar-refractivity contribution in [3.05, 3.63) is 0 Å². The minimum absolute atomic E-state index is 0. The van der Waals surface area contributed by atoms with E-state index in [2.05, 4.69) is 5.32 Å². The van der Waals surface area contributed by atoms with Crippen LogP contribution in [0.1, 0.15) is 19.3 Å². The summed E-state index contributed by atoms with van der Waals surface area (Å²) in [7, 11) is 1.88. The number of halogens is 4. The molecule has 0 radical (unpaired) electrons. The lowest BCUT2D eigenvalue weighted by atomic mass is 9.98. The van der Waals surface area contributed by atoms with Crippen molar-refractivity contribution in [1.82, 2.24) is 10.2 Å². The molecule has 1 unspecified atom stereocenters. The summed E-state index contributed by atoms with van der Waals surface area (Å²) in [6.07, 6.45) is -2.55. The van der Waals surface area contributed by atoms with Crippen LogP contribution in [0.4, 0.5) is 13.2 Å². The Balaban J connectivity index is 0.00000225. The molecule has 1 fully saturated rings. The molecular formula is C10H20ClF3N2. The van der Waals surface area contributed by atoms with Crippen molar-refractivity contribution in [2.24, 2.45) is 5.92 Å². The third-order valence-electron chi connectivity index (χ3n) is 2.81. The van der Waals surface area contributed by atoms with Crippen LogP contribution >= 0.6 is 12.4 Å². The van der Waals surface area contributed by atoms with Gasteiger partial charge in [0.05, 0.1) is 6.42 Å². The molecule has 0 spiro atoms. The van der Waals surface area contributed by atoms with Crippen LogP contribution in [-0.4, -0.2) is 44.3 Å². The van der Waals surface area contributed by atoms with Crippen LogP contribution in [0.5, 0.6) is 0 Å². The molecule has 16 heavy (non-hydrogen) atoms. The first-order valence-corrected chi connectivity index (χ1v) is 5.45. The van der Waals surface area contributed by atoms with E-state index in [1.807, 2.05) is 11.9 Å². The summed E-state index contributed by atoms with van der Waals surface area (Å²) in [5.41, 5.74) is 0. The molecule has 1 aliphatic rings. The summed E-state index contributed by atoms with van der Waals surface area (Å²) in [6, 6.07) is 0. The smallest absolute Gasteiger partial charge is 0.319 e. The molecule has 0 aliphatic carbocycles. The molecule has 0 aromatic heterocycles. The number of piperidine rings is 1. The van der Waals surface area contributed by atoms with Gasteiger partial charge in [-0.05, 0) is 38.9 Å². The molecule has 0 aromatic rings. The van der Waals surface area contributed by atoms with E-state index in [0.29, 0.717) is 5.92 Å². The van der Waals surface area contributed by atoms with E-state index in [-0.39, 0.29) is 19.0 Å². The lowest BCUT2D eigenvalue weighted by Gasteiger charge is -2.32. The van der Waals surface area contributed by atoms with Gasteiger partial charge in [-0.15, -0.1) is 12.4 Å². The molecule has 1 aliphatic heterocycles. The summed E-state index contributed by atoms with van der Waals surface area (Å²) < 4.78 is 36.1. The van der Waals surface area contributed by atoms with Crippen LogP contribution in [0.3, 0.4) is 0 Å². The molecule has 6 heteroatoms. The normalized spacial score (nSPS) is 22.9. The third kappa shape index (κ3) is 6.55. The van der Waals surface area contributed by atoms with Gasteiger partial charge in [0.15, 0.2) is 0 Å². The Morgan fingerprint density at radius 3 is 2.62 bits per heavy atom. The maximum Gasteiger partial charge on any atom is 0.390 e. The highest BCUT2D eigenvalue weighted by atomic mass is 35.5. The highest BCUT2D eigenvalue weighted by Crippen LogP contribution is 2.22. The fourth-order valence-electron chi connectivity index (χ4n) is 2.09. The predicted octanol–water partition coefficient (Wildman–Crippen LogP) is 2.29. The molecule has 0 amide bonds. The number of alkyl halides is 3. The van der Waals surface area contributed by atoms with Crippen molar-refractivity contribution >= 4 is 12.4 Å². The Kier molecular flexibility index (Phi) is 7.35. The van der Waals surface area contributed by atoms with Crippen LogP contribution in [-0.2, 0) is 0 Å². The SMILES string of the molecule is CNCC1CCCN(CCC(F)(F)F)C1.Cl. The van der Waals surface area contributed by atoms with Gasteiger partial charge in [-0.25, -0.2) is 0 Å². The van der Waals surface area contributed by atoms with E-state index in [9.17, 15) is 13.2 Å². The number of hydrogen-bond acceptors (Lipinski definition) is 2. The van der Waals surface area contributed by atoms with Gasteiger partial charge in [-0.1, -0.05) is 0 Å². The van der Waals surface area contributed by atoms with Gasteiger partial charge in [-0.3, -0.25) is 0 Å². The Bertz CT molecular complexity index is 185. The van der Waals surface area contributed by atoms with Crippen LogP contribution in [0.2, 0.25) is 0 Å². The summed E-state index contributed by atoms with van der Waals surface area (Å²) in [5, 5.41) is 3.08. The molecule has 98 valence electrons. The lowest BCUT2D eigenvalue weighted by Crippen LogP contribution is -2.40. The van der Waals surface area contributed by atoms with Gasteiger partial charge in [0, 0.05) is 13.1 Å². The minimum atomic E-state index is -4.02. The number of nitrogens with one attached hydrogen (secondary N) is 1. The van der Waals surface area contributed by atoms with E-state index >= 15 is 0 Å². The molecular weight excluding hydrogens is 241 g/mol. The summed E-state index contributed by atoms with van der Waals surface area (Å²) in [4.78, 5) is 1.93. The predicted molar refractivity (Wildman–Crippen MR) is 61.0 cm³/mol. The fourth-order valence-corrected chi connectivity index (χ4v) is 2.09. The zero-order valence-corrected chi connectivity index (χ0v) is 10.3. The summed E-state index contributed by atoms with van der Waals surface area (Å²) in [5.74, 6) is 0.511. The Hall–Kier alpha value is -0.0000000000000000555. The van der Waals surface area contributed by atoms with Crippen molar-refractivity contribution in [2.75, 3.05) is 33.2 Å². The van der Waals surface area contributed by atoms with Crippen molar-refractivity contribution in [1.29, 1.82) is 0 Å².